The SMILES string of the molecule is CC(N)(CCCOCC1CCOC1)C(=O)O. The third-order valence-electron chi connectivity index (χ3n) is 2.85. The highest BCUT2D eigenvalue weighted by Gasteiger charge is 2.26. The van der Waals surface area contributed by atoms with Gasteiger partial charge in [0.05, 0.1) is 13.2 Å². The third kappa shape index (κ3) is 4.47. The van der Waals surface area contributed by atoms with Gasteiger partial charge in [-0.3, -0.25) is 4.79 Å². The molecule has 0 amide bonds. The molecule has 0 aromatic heterocycles. The van der Waals surface area contributed by atoms with Gasteiger partial charge in [0.15, 0.2) is 0 Å². The van der Waals surface area contributed by atoms with E-state index in [1.807, 2.05) is 0 Å². The Bertz CT molecular complexity index is 224. The molecule has 1 rings (SSSR count). The molecule has 1 saturated heterocycles. The van der Waals surface area contributed by atoms with E-state index in [0.29, 0.717) is 32.0 Å². The van der Waals surface area contributed by atoms with Gasteiger partial charge >= 0.3 is 5.97 Å². The number of aliphatic carboxylic acids is 1. The lowest BCUT2D eigenvalue weighted by Gasteiger charge is -2.18. The van der Waals surface area contributed by atoms with E-state index in [1.54, 1.807) is 0 Å². The minimum atomic E-state index is -1.14. The molecule has 3 N–H and O–H groups in total. The van der Waals surface area contributed by atoms with Crippen LogP contribution in [0.5, 0.6) is 0 Å². The second-order valence-electron chi connectivity index (χ2n) is 4.63. The smallest absolute Gasteiger partial charge is 0.323 e. The molecule has 2 unspecified atom stereocenters. The molecule has 0 aliphatic carbocycles. The summed E-state index contributed by atoms with van der Waals surface area (Å²) in [6.07, 6.45) is 2.17. The Morgan fingerprint density at radius 2 is 2.44 bits per heavy atom. The molecule has 0 aromatic rings. The highest BCUT2D eigenvalue weighted by atomic mass is 16.5. The van der Waals surface area contributed by atoms with Gasteiger partial charge in [-0.05, 0) is 26.2 Å². The number of rotatable bonds is 7. The minimum Gasteiger partial charge on any atom is -0.480 e. The van der Waals surface area contributed by atoms with Crippen molar-refractivity contribution in [2.24, 2.45) is 11.7 Å². The Kier molecular flexibility index (Phi) is 5.18. The van der Waals surface area contributed by atoms with Crippen LogP contribution in [-0.4, -0.2) is 43.0 Å². The fourth-order valence-electron chi connectivity index (χ4n) is 1.61. The third-order valence-corrected chi connectivity index (χ3v) is 2.85. The van der Waals surface area contributed by atoms with Crippen LogP contribution in [0.1, 0.15) is 26.2 Å². The normalized spacial score (nSPS) is 24.2. The first-order valence-electron chi connectivity index (χ1n) is 5.70. The number of nitrogens with two attached hydrogens (primary N) is 1. The molecule has 94 valence electrons. The molecular weight excluding hydrogens is 210 g/mol. The van der Waals surface area contributed by atoms with E-state index in [2.05, 4.69) is 0 Å². The average molecular weight is 231 g/mol. The number of carboxylic acids is 1. The standard InChI is InChI=1S/C11H21NO4/c1-11(12,10(13)14)4-2-5-15-7-9-3-6-16-8-9/h9H,2-8,12H2,1H3,(H,13,14). The predicted molar refractivity (Wildman–Crippen MR) is 59.2 cm³/mol. The van der Waals surface area contributed by atoms with Gasteiger partial charge in [-0.2, -0.15) is 0 Å². The first-order valence-corrected chi connectivity index (χ1v) is 5.70. The van der Waals surface area contributed by atoms with E-state index in [1.165, 1.54) is 6.92 Å². The second kappa shape index (κ2) is 6.18. The van der Waals surface area contributed by atoms with Crippen LogP contribution >= 0.6 is 0 Å². The molecule has 16 heavy (non-hydrogen) atoms. The van der Waals surface area contributed by atoms with Crippen molar-refractivity contribution in [3.63, 3.8) is 0 Å². The molecule has 1 fully saturated rings. The number of carbonyl (C=O) groups is 1. The maximum Gasteiger partial charge on any atom is 0.323 e. The zero-order valence-electron chi connectivity index (χ0n) is 9.78. The maximum absolute atomic E-state index is 10.7. The molecule has 1 heterocycles. The summed E-state index contributed by atoms with van der Waals surface area (Å²) in [4.78, 5) is 10.7. The Morgan fingerprint density at radius 1 is 1.69 bits per heavy atom. The van der Waals surface area contributed by atoms with Gasteiger partial charge < -0.3 is 20.3 Å². The highest BCUT2D eigenvalue weighted by molar-refractivity contribution is 5.77. The summed E-state index contributed by atoms with van der Waals surface area (Å²) in [5, 5.41) is 8.79. The fraction of sp³-hybridized carbons (Fsp3) is 0.909. The molecule has 1 aliphatic rings. The van der Waals surface area contributed by atoms with Crippen molar-refractivity contribution in [2.75, 3.05) is 26.4 Å². The molecule has 0 bridgehead atoms. The van der Waals surface area contributed by atoms with Crippen LogP contribution in [0, 0.1) is 5.92 Å². The van der Waals surface area contributed by atoms with Gasteiger partial charge in [0.1, 0.15) is 5.54 Å². The van der Waals surface area contributed by atoms with Crippen LogP contribution in [0.4, 0.5) is 0 Å². The number of carboxylic acid groups (broad SMARTS) is 1. The summed E-state index contributed by atoms with van der Waals surface area (Å²) in [5.74, 6) is -0.458. The zero-order valence-corrected chi connectivity index (χ0v) is 9.78. The largest absolute Gasteiger partial charge is 0.480 e. The topological polar surface area (TPSA) is 81.8 Å². The Hall–Kier alpha value is -0.650. The van der Waals surface area contributed by atoms with Crippen LogP contribution in [0.25, 0.3) is 0 Å². The van der Waals surface area contributed by atoms with Gasteiger partial charge in [-0.25, -0.2) is 0 Å². The van der Waals surface area contributed by atoms with Crippen LogP contribution in [0.2, 0.25) is 0 Å². The van der Waals surface area contributed by atoms with Gasteiger partial charge in [-0.15, -0.1) is 0 Å². The van der Waals surface area contributed by atoms with Gasteiger partial charge in [-0.1, -0.05) is 0 Å². The Balaban J connectivity index is 2.01. The monoisotopic (exact) mass is 231 g/mol. The molecule has 0 aromatic carbocycles. The van der Waals surface area contributed by atoms with Crippen LogP contribution < -0.4 is 5.73 Å². The quantitative estimate of drug-likeness (QED) is 0.628. The highest BCUT2D eigenvalue weighted by Crippen LogP contribution is 2.13. The van der Waals surface area contributed by atoms with Crippen molar-refractivity contribution < 1.29 is 19.4 Å². The van der Waals surface area contributed by atoms with Gasteiger partial charge in [0.25, 0.3) is 0 Å². The van der Waals surface area contributed by atoms with E-state index < -0.39 is 11.5 Å². The first kappa shape index (κ1) is 13.4. The summed E-state index contributed by atoms with van der Waals surface area (Å²) in [6, 6.07) is 0. The average Bonchev–Trinajstić information content (AvgIpc) is 2.69. The van der Waals surface area contributed by atoms with Crippen LogP contribution in [-0.2, 0) is 14.3 Å². The van der Waals surface area contributed by atoms with Crippen molar-refractivity contribution in [2.45, 2.75) is 31.7 Å². The summed E-state index contributed by atoms with van der Waals surface area (Å²) in [6.45, 7) is 4.41. The lowest BCUT2D eigenvalue weighted by Crippen LogP contribution is -2.44. The number of hydrogen-bond donors (Lipinski definition) is 2. The lowest BCUT2D eigenvalue weighted by atomic mass is 9.98. The van der Waals surface area contributed by atoms with E-state index in [9.17, 15) is 4.79 Å². The van der Waals surface area contributed by atoms with Crippen molar-refractivity contribution in [1.29, 1.82) is 0 Å². The van der Waals surface area contributed by atoms with Gasteiger partial charge in [0, 0.05) is 19.1 Å². The van der Waals surface area contributed by atoms with E-state index in [4.69, 9.17) is 20.3 Å². The maximum atomic E-state index is 10.7. The van der Waals surface area contributed by atoms with E-state index in [0.717, 1.165) is 19.6 Å². The second-order valence-corrected chi connectivity index (χ2v) is 4.63. The van der Waals surface area contributed by atoms with Gasteiger partial charge in [0.2, 0.25) is 0 Å². The number of hydrogen-bond acceptors (Lipinski definition) is 4. The molecule has 0 saturated carbocycles. The van der Waals surface area contributed by atoms with Crippen LogP contribution in [0.15, 0.2) is 0 Å². The van der Waals surface area contributed by atoms with Crippen molar-refractivity contribution >= 4 is 5.97 Å². The van der Waals surface area contributed by atoms with Crippen molar-refractivity contribution in [1.82, 2.24) is 0 Å². The lowest BCUT2D eigenvalue weighted by molar-refractivity contribution is -0.143. The summed E-state index contributed by atoms with van der Waals surface area (Å²) < 4.78 is 10.7. The Labute approximate surface area is 95.9 Å². The summed E-state index contributed by atoms with van der Waals surface area (Å²) in [5.41, 5.74) is 4.45. The van der Waals surface area contributed by atoms with E-state index >= 15 is 0 Å². The minimum absolute atomic E-state index is 0.434. The number of ether oxygens (including phenoxy) is 2. The molecule has 5 heteroatoms. The summed E-state index contributed by atoms with van der Waals surface area (Å²) in [7, 11) is 0. The predicted octanol–water partition coefficient (Wildman–Crippen LogP) is 0.622. The van der Waals surface area contributed by atoms with Crippen LogP contribution in [0.3, 0.4) is 0 Å². The summed E-state index contributed by atoms with van der Waals surface area (Å²) >= 11 is 0. The molecular formula is C11H21NO4. The molecule has 0 radical (unpaired) electrons. The van der Waals surface area contributed by atoms with Crippen molar-refractivity contribution in [3.05, 3.63) is 0 Å². The Morgan fingerprint density at radius 3 is 3.00 bits per heavy atom. The van der Waals surface area contributed by atoms with E-state index in [-0.39, 0.29) is 0 Å². The first-order chi connectivity index (χ1) is 7.52. The molecule has 2 atom stereocenters. The molecule has 5 nitrogen and oxygen atoms in total. The zero-order chi connectivity index (χ0) is 12.0. The van der Waals surface area contributed by atoms with Crippen molar-refractivity contribution in [3.8, 4) is 0 Å². The molecule has 1 aliphatic heterocycles. The fourth-order valence-corrected chi connectivity index (χ4v) is 1.61. The molecule has 0 spiro atoms.